The van der Waals surface area contributed by atoms with E-state index in [4.69, 9.17) is 37.4 Å². The lowest BCUT2D eigenvalue weighted by Gasteiger charge is -2.26. The highest BCUT2D eigenvalue weighted by Gasteiger charge is 2.46. The predicted molar refractivity (Wildman–Crippen MR) is 128 cm³/mol. The highest BCUT2D eigenvalue weighted by molar-refractivity contribution is 6.46. The minimum atomic E-state index is -1.02. The minimum Gasteiger partial charge on any atom is -0.507 e. The number of amides is 1. The van der Waals surface area contributed by atoms with Gasteiger partial charge in [-0.3, -0.25) is 9.59 Å². The molecule has 0 radical (unpaired) electrons. The molecule has 3 rings (SSSR count). The zero-order valence-corrected chi connectivity index (χ0v) is 20.6. The Balaban J connectivity index is 2.22. The van der Waals surface area contributed by atoms with Gasteiger partial charge in [0.15, 0.2) is 11.5 Å². The highest BCUT2D eigenvalue weighted by atomic mass is 35.5. The third-order valence-corrected chi connectivity index (χ3v) is 5.81. The van der Waals surface area contributed by atoms with E-state index >= 15 is 0 Å². The molecule has 1 unspecified atom stereocenters. The van der Waals surface area contributed by atoms with Crippen LogP contribution in [0, 0.1) is 0 Å². The van der Waals surface area contributed by atoms with E-state index in [1.807, 2.05) is 13.8 Å². The summed E-state index contributed by atoms with van der Waals surface area (Å²) in [6.07, 6.45) is -0.0850. The van der Waals surface area contributed by atoms with Crippen molar-refractivity contribution in [3.63, 3.8) is 0 Å². The van der Waals surface area contributed by atoms with Gasteiger partial charge in [-0.05, 0) is 43.7 Å². The lowest BCUT2D eigenvalue weighted by Crippen LogP contribution is -2.33. The third-order valence-electron chi connectivity index (χ3n) is 5.31. The van der Waals surface area contributed by atoms with Crippen LogP contribution < -0.4 is 9.47 Å². The molecule has 10 heteroatoms. The van der Waals surface area contributed by atoms with Crippen molar-refractivity contribution in [1.82, 2.24) is 4.90 Å². The predicted octanol–water partition coefficient (Wildman–Crippen LogP) is 4.56. The standard InChI is InChI=1S/C24H25Cl2NO7/c1-12(2)34-8-7-27-20(13-5-6-18(32-3)17(28)9-13)19(22(30)24(27)31)21(29)15-10-14(25)11-16(26)23(15)33-4/h5-6,9-12,20,28-29H,7-8H2,1-4H3/b21-19+. The van der Waals surface area contributed by atoms with Crippen LogP contribution in [0.15, 0.2) is 35.9 Å². The number of phenolic OH excluding ortho intramolecular Hbond substituents is 1. The van der Waals surface area contributed by atoms with Crippen molar-refractivity contribution in [3.05, 3.63) is 57.1 Å². The van der Waals surface area contributed by atoms with Crippen LogP contribution in [-0.4, -0.2) is 60.3 Å². The first kappa shape index (κ1) is 25.7. The van der Waals surface area contributed by atoms with Crippen molar-refractivity contribution < 1.29 is 34.0 Å². The zero-order valence-electron chi connectivity index (χ0n) is 19.1. The van der Waals surface area contributed by atoms with Gasteiger partial charge in [0, 0.05) is 11.6 Å². The second kappa shape index (κ2) is 10.5. The summed E-state index contributed by atoms with van der Waals surface area (Å²) in [7, 11) is 2.76. The van der Waals surface area contributed by atoms with Gasteiger partial charge in [0.2, 0.25) is 0 Å². The van der Waals surface area contributed by atoms with Gasteiger partial charge >= 0.3 is 0 Å². The second-order valence-corrected chi connectivity index (χ2v) is 8.66. The maximum Gasteiger partial charge on any atom is 0.295 e. The first-order chi connectivity index (χ1) is 16.1. The molecular weight excluding hydrogens is 485 g/mol. The van der Waals surface area contributed by atoms with Gasteiger partial charge in [-0.1, -0.05) is 29.3 Å². The van der Waals surface area contributed by atoms with Crippen LogP contribution in [0.3, 0.4) is 0 Å². The van der Waals surface area contributed by atoms with Gasteiger partial charge in [-0.15, -0.1) is 0 Å². The highest BCUT2D eigenvalue weighted by Crippen LogP contribution is 2.44. The molecule has 2 N–H and O–H groups in total. The molecule has 1 aliphatic heterocycles. The van der Waals surface area contributed by atoms with Crippen molar-refractivity contribution >= 4 is 40.7 Å². The molecule has 0 aromatic heterocycles. The fraction of sp³-hybridized carbons (Fsp3) is 0.333. The van der Waals surface area contributed by atoms with Gasteiger partial charge in [-0.2, -0.15) is 0 Å². The smallest absolute Gasteiger partial charge is 0.295 e. The first-order valence-electron chi connectivity index (χ1n) is 10.4. The van der Waals surface area contributed by atoms with Gasteiger partial charge in [0.1, 0.15) is 11.5 Å². The molecule has 0 saturated carbocycles. The summed E-state index contributed by atoms with van der Waals surface area (Å²) in [5.74, 6) is -2.11. The summed E-state index contributed by atoms with van der Waals surface area (Å²) in [4.78, 5) is 27.4. The van der Waals surface area contributed by atoms with Crippen LogP contribution in [0.2, 0.25) is 10.0 Å². The summed E-state index contributed by atoms with van der Waals surface area (Å²) >= 11 is 12.3. The zero-order chi connectivity index (χ0) is 25.2. The lowest BCUT2D eigenvalue weighted by atomic mass is 9.94. The van der Waals surface area contributed by atoms with Crippen LogP contribution in [0.1, 0.15) is 31.0 Å². The molecule has 0 bridgehead atoms. The van der Waals surface area contributed by atoms with E-state index in [2.05, 4.69) is 0 Å². The van der Waals surface area contributed by atoms with E-state index in [1.54, 1.807) is 6.07 Å². The van der Waals surface area contributed by atoms with Gasteiger partial charge in [0.25, 0.3) is 11.7 Å². The number of likely N-dealkylation sites (tertiary alicyclic amines) is 1. The van der Waals surface area contributed by atoms with Crippen molar-refractivity contribution in [2.45, 2.75) is 26.0 Å². The summed E-state index contributed by atoms with van der Waals surface area (Å²) < 4.78 is 16.0. The Bertz CT molecular complexity index is 1150. The number of methoxy groups -OCH3 is 2. The number of ether oxygens (including phenoxy) is 3. The number of aliphatic hydroxyl groups excluding tert-OH is 1. The van der Waals surface area contributed by atoms with E-state index < -0.39 is 23.5 Å². The molecule has 2 aromatic rings. The molecule has 182 valence electrons. The molecule has 1 saturated heterocycles. The number of carbonyl (C=O) groups excluding carboxylic acids is 2. The maximum atomic E-state index is 13.1. The van der Waals surface area contributed by atoms with Crippen LogP contribution in [0.5, 0.6) is 17.2 Å². The molecule has 1 fully saturated rings. The number of hydrogen-bond acceptors (Lipinski definition) is 7. The Morgan fingerprint density at radius 2 is 1.82 bits per heavy atom. The van der Waals surface area contributed by atoms with Crippen LogP contribution in [0.25, 0.3) is 5.76 Å². The number of ketones is 1. The molecule has 0 spiro atoms. The number of nitrogens with zero attached hydrogens (tertiary/aromatic N) is 1. The Morgan fingerprint density at radius 1 is 1.12 bits per heavy atom. The van der Waals surface area contributed by atoms with Gasteiger partial charge in [0.05, 0.1) is 49.1 Å². The average Bonchev–Trinajstić information content (AvgIpc) is 3.02. The fourth-order valence-electron chi connectivity index (χ4n) is 3.81. The topological polar surface area (TPSA) is 106 Å². The van der Waals surface area contributed by atoms with Gasteiger partial charge < -0.3 is 29.3 Å². The number of Topliss-reactive ketones (excluding diaryl/α,β-unsaturated/α-hetero) is 1. The monoisotopic (exact) mass is 509 g/mol. The molecular formula is C24H25Cl2NO7. The lowest BCUT2D eigenvalue weighted by molar-refractivity contribution is -0.140. The fourth-order valence-corrected chi connectivity index (χ4v) is 4.38. The van der Waals surface area contributed by atoms with E-state index in [9.17, 15) is 19.8 Å². The SMILES string of the molecule is COc1ccc(C2/C(=C(\O)c3cc(Cl)cc(Cl)c3OC)C(=O)C(=O)N2CCOC(C)C)cc1O. The molecule has 8 nitrogen and oxygen atoms in total. The number of phenols is 1. The van der Waals surface area contributed by atoms with Gasteiger partial charge in [-0.25, -0.2) is 0 Å². The third kappa shape index (κ3) is 4.94. The molecule has 1 aliphatic rings. The Hall–Kier alpha value is -2.94. The quantitative estimate of drug-likeness (QED) is 0.305. The number of benzene rings is 2. The number of aromatic hydroxyl groups is 1. The molecule has 34 heavy (non-hydrogen) atoms. The number of halogens is 2. The number of aliphatic hydroxyl groups is 1. The largest absolute Gasteiger partial charge is 0.507 e. The minimum absolute atomic E-state index is 0.0548. The Kier molecular flexibility index (Phi) is 7.97. The molecule has 0 aliphatic carbocycles. The average molecular weight is 510 g/mol. The molecule has 1 atom stereocenters. The Morgan fingerprint density at radius 3 is 2.41 bits per heavy atom. The molecule has 1 amide bonds. The van der Waals surface area contributed by atoms with E-state index in [-0.39, 0.29) is 57.7 Å². The molecule has 1 heterocycles. The second-order valence-electron chi connectivity index (χ2n) is 7.81. The summed E-state index contributed by atoms with van der Waals surface area (Å²) in [6.45, 7) is 3.94. The first-order valence-corrected chi connectivity index (χ1v) is 11.2. The van der Waals surface area contributed by atoms with Crippen molar-refractivity contribution in [3.8, 4) is 17.2 Å². The van der Waals surface area contributed by atoms with E-state index in [1.165, 1.54) is 43.4 Å². The van der Waals surface area contributed by atoms with Crippen LogP contribution in [-0.2, 0) is 14.3 Å². The van der Waals surface area contributed by atoms with E-state index in [0.717, 1.165) is 0 Å². The number of hydrogen-bond donors (Lipinski definition) is 2. The summed E-state index contributed by atoms with van der Waals surface area (Å²) in [5.41, 5.74) is 0.241. The van der Waals surface area contributed by atoms with Crippen molar-refractivity contribution in [2.75, 3.05) is 27.4 Å². The summed E-state index contributed by atoms with van der Waals surface area (Å²) in [5, 5.41) is 21.9. The Labute approximate surface area is 207 Å². The number of rotatable bonds is 8. The normalized spacial score (nSPS) is 17.5. The summed E-state index contributed by atoms with van der Waals surface area (Å²) in [6, 6.07) is 6.28. The van der Waals surface area contributed by atoms with E-state index in [0.29, 0.717) is 5.56 Å². The molecule has 2 aromatic carbocycles. The van der Waals surface area contributed by atoms with Crippen molar-refractivity contribution in [1.29, 1.82) is 0 Å². The maximum absolute atomic E-state index is 13.1. The van der Waals surface area contributed by atoms with Crippen molar-refractivity contribution in [2.24, 2.45) is 0 Å². The van der Waals surface area contributed by atoms with Crippen LogP contribution >= 0.6 is 23.2 Å². The number of carbonyl (C=O) groups is 2. The van der Waals surface area contributed by atoms with Crippen LogP contribution in [0.4, 0.5) is 0 Å².